The second-order valence-corrected chi connectivity index (χ2v) is 3.88. The fourth-order valence-electron chi connectivity index (χ4n) is 1.60. The molecule has 0 saturated heterocycles. The summed E-state index contributed by atoms with van der Waals surface area (Å²) < 4.78 is 4.94. The van der Waals surface area contributed by atoms with Crippen LogP contribution in [0.5, 0.6) is 5.75 Å². The molecule has 1 amide bonds. The lowest BCUT2D eigenvalue weighted by Gasteiger charge is -2.15. The summed E-state index contributed by atoms with van der Waals surface area (Å²) in [6, 6.07) is 3.72. The van der Waals surface area contributed by atoms with Gasteiger partial charge in [-0.25, -0.2) is 0 Å². The molecule has 0 aliphatic carbocycles. The minimum absolute atomic E-state index is 0.0728. The molecule has 0 unspecified atom stereocenters. The van der Waals surface area contributed by atoms with E-state index in [0.717, 1.165) is 0 Å². The molecule has 1 aromatic carbocycles. The number of nitro groups is 1. The van der Waals surface area contributed by atoms with Gasteiger partial charge in [-0.3, -0.25) is 14.9 Å². The van der Waals surface area contributed by atoms with Crippen LogP contribution < -0.4 is 10.1 Å². The average Bonchev–Trinajstić information content (AvgIpc) is 2.43. The van der Waals surface area contributed by atoms with E-state index in [-0.39, 0.29) is 23.6 Å². The van der Waals surface area contributed by atoms with Crippen LogP contribution in [0.1, 0.15) is 23.7 Å². The van der Waals surface area contributed by atoms with Crippen LogP contribution in [0.4, 0.5) is 5.69 Å². The van der Waals surface area contributed by atoms with Crippen molar-refractivity contribution in [2.75, 3.05) is 13.7 Å². The Balaban J connectivity index is 3.09. The molecule has 104 valence electrons. The number of carbonyl (C=O) groups excluding carboxylic acids is 1. The Bertz CT molecular complexity index is 471. The lowest BCUT2D eigenvalue weighted by molar-refractivity contribution is -0.385. The standard InChI is InChI=1S/C12H16N2O5/c1-3-8(7-15)13-12(16)9-5-4-6-10(14(17)18)11(9)19-2/h4-6,8,15H,3,7H2,1-2H3,(H,13,16)/t8-/m0/s1. The number of ether oxygens (including phenoxy) is 1. The molecule has 1 atom stereocenters. The first-order valence-corrected chi connectivity index (χ1v) is 5.78. The maximum atomic E-state index is 12.0. The molecular weight excluding hydrogens is 252 g/mol. The summed E-state index contributed by atoms with van der Waals surface area (Å²) in [7, 11) is 1.27. The van der Waals surface area contributed by atoms with Crippen LogP contribution in [0.15, 0.2) is 18.2 Å². The van der Waals surface area contributed by atoms with Crippen LogP contribution >= 0.6 is 0 Å². The number of amides is 1. The molecule has 0 bridgehead atoms. The largest absolute Gasteiger partial charge is 0.490 e. The van der Waals surface area contributed by atoms with Crippen molar-refractivity contribution >= 4 is 11.6 Å². The molecule has 0 aliphatic heterocycles. The molecule has 7 heteroatoms. The quantitative estimate of drug-likeness (QED) is 0.594. The summed E-state index contributed by atoms with van der Waals surface area (Å²) in [5.41, 5.74) is -0.198. The molecular formula is C12H16N2O5. The van der Waals surface area contributed by atoms with Gasteiger partial charge in [0.05, 0.1) is 30.2 Å². The highest BCUT2D eigenvalue weighted by atomic mass is 16.6. The zero-order valence-electron chi connectivity index (χ0n) is 10.8. The monoisotopic (exact) mass is 268 g/mol. The van der Waals surface area contributed by atoms with Crippen molar-refractivity contribution in [2.24, 2.45) is 0 Å². The highest BCUT2D eigenvalue weighted by Gasteiger charge is 2.23. The predicted octanol–water partition coefficient (Wildman–Crippen LogP) is 1.10. The minimum atomic E-state index is -0.612. The second kappa shape index (κ2) is 6.69. The number of hydrogen-bond donors (Lipinski definition) is 2. The van der Waals surface area contributed by atoms with Gasteiger partial charge in [-0.2, -0.15) is 0 Å². The van der Waals surface area contributed by atoms with Crippen LogP contribution in [0.3, 0.4) is 0 Å². The Morgan fingerprint density at radius 1 is 1.58 bits per heavy atom. The molecule has 1 rings (SSSR count). The fourth-order valence-corrected chi connectivity index (χ4v) is 1.60. The van der Waals surface area contributed by atoms with Crippen LogP contribution in [0.25, 0.3) is 0 Å². The molecule has 0 fully saturated rings. The van der Waals surface area contributed by atoms with E-state index in [1.54, 1.807) is 0 Å². The van der Waals surface area contributed by atoms with Crippen LogP contribution in [-0.4, -0.2) is 35.7 Å². The van der Waals surface area contributed by atoms with Gasteiger partial charge >= 0.3 is 5.69 Å². The van der Waals surface area contributed by atoms with Gasteiger partial charge in [-0.1, -0.05) is 13.0 Å². The third kappa shape index (κ3) is 3.41. The van der Waals surface area contributed by atoms with Gasteiger partial charge in [0.1, 0.15) is 0 Å². The van der Waals surface area contributed by atoms with Crippen LogP contribution in [-0.2, 0) is 0 Å². The van der Waals surface area contributed by atoms with E-state index in [2.05, 4.69) is 5.32 Å². The number of aliphatic hydroxyl groups is 1. The molecule has 0 heterocycles. The third-order valence-corrected chi connectivity index (χ3v) is 2.69. The summed E-state index contributed by atoms with van der Waals surface area (Å²) in [4.78, 5) is 22.2. The molecule has 2 N–H and O–H groups in total. The van der Waals surface area contributed by atoms with Gasteiger partial charge in [0.15, 0.2) is 0 Å². The summed E-state index contributed by atoms with van der Waals surface area (Å²) in [6.07, 6.45) is 0.555. The summed E-state index contributed by atoms with van der Waals surface area (Å²) in [5, 5.41) is 22.5. The number of carbonyl (C=O) groups is 1. The number of rotatable bonds is 6. The zero-order chi connectivity index (χ0) is 14.4. The SMILES string of the molecule is CC[C@@H](CO)NC(=O)c1cccc([N+](=O)[O-])c1OC. The Morgan fingerprint density at radius 3 is 2.74 bits per heavy atom. The predicted molar refractivity (Wildman–Crippen MR) is 68.3 cm³/mol. The van der Waals surface area contributed by atoms with E-state index in [1.165, 1.54) is 25.3 Å². The van der Waals surface area contributed by atoms with Gasteiger partial charge in [-0.15, -0.1) is 0 Å². The molecule has 7 nitrogen and oxygen atoms in total. The van der Waals surface area contributed by atoms with Gasteiger partial charge < -0.3 is 15.2 Å². The van der Waals surface area contributed by atoms with Gasteiger partial charge in [0.2, 0.25) is 5.75 Å². The molecule has 0 radical (unpaired) electrons. The molecule has 19 heavy (non-hydrogen) atoms. The normalized spacial score (nSPS) is 11.7. The van der Waals surface area contributed by atoms with E-state index in [0.29, 0.717) is 6.42 Å². The average molecular weight is 268 g/mol. The van der Waals surface area contributed by atoms with Gasteiger partial charge in [-0.05, 0) is 12.5 Å². The number of para-hydroxylation sites is 1. The molecule has 0 aromatic heterocycles. The summed E-state index contributed by atoms with van der Waals surface area (Å²) in [6.45, 7) is 1.62. The number of methoxy groups -OCH3 is 1. The third-order valence-electron chi connectivity index (χ3n) is 2.69. The van der Waals surface area contributed by atoms with E-state index >= 15 is 0 Å². The Hall–Kier alpha value is -2.15. The number of nitrogens with one attached hydrogen (secondary N) is 1. The maximum absolute atomic E-state index is 12.0. The first-order valence-electron chi connectivity index (χ1n) is 5.78. The topological polar surface area (TPSA) is 102 Å². The van der Waals surface area contributed by atoms with E-state index in [4.69, 9.17) is 9.84 Å². The first-order chi connectivity index (χ1) is 9.04. The van der Waals surface area contributed by atoms with Crippen LogP contribution in [0.2, 0.25) is 0 Å². The lowest BCUT2D eigenvalue weighted by atomic mass is 10.1. The van der Waals surface area contributed by atoms with E-state index in [1.807, 2.05) is 6.92 Å². The van der Waals surface area contributed by atoms with Gasteiger partial charge in [0, 0.05) is 6.07 Å². The Labute approximate surface area is 110 Å². The van der Waals surface area contributed by atoms with E-state index in [9.17, 15) is 14.9 Å². The number of hydrogen-bond acceptors (Lipinski definition) is 5. The summed E-state index contributed by atoms with van der Waals surface area (Å²) >= 11 is 0. The van der Waals surface area contributed by atoms with Crippen molar-refractivity contribution in [1.82, 2.24) is 5.32 Å². The van der Waals surface area contributed by atoms with Crippen molar-refractivity contribution in [3.05, 3.63) is 33.9 Å². The fraction of sp³-hybridized carbons (Fsp3) is 0.417. The highest BCUT2D eigenvalue weighted by molar-refractivity contribution is 5.98. The van der Waals surface area contributed by atoms with Crippen LogP contribution in [0, 0.1) is 10.1 Å². The van der Waals surface area contributed by atoms with Gasteiger partial charge in [0.25, 0.3) is 5.91 Å². The Morgan fingerprint density at radius 2 is 2.26 bits per heavy atom. The second-order valence-electron chi connectivity index (χ2n) is 3.88. The molecule has 0 aliphatic rings. The minimum Gasteiger partial charge on any atom is -0.490 e. The van der Waals surface area contributed by atoms with Crippen molar-refractivity contribution in [1.29, 1.82) is 0 Å². The highest BCUT2D eigenvalue weighted by Crippen LogP contribution is 2.30. The lowest BCUT2D eigenvalue weighted by Crippen LogP contribution is -2.37. The maximum Gasteiger partial charge on any atom is 0.311 e. The van der Waals surface area contributed by atoms with E-state index < -0.39 is 16.9 Å². The Kier molecular flexibility index (Phi) is 5.25. The zero-order valence-corrected chi connectivity index (χ0v) is 10.8. The van der Waals surface area contributed by atoms with Crippen molar-refractivity contribution < 1.29 is 19.6 Å². The first kappa shape index (κ1) is 14.9. The smallest absolute Gasteiger partial charge is 0.311 e. The van der Waals surface area contributed by atoms with Crippen molar-refractivity contribution in [3.8, 4) is 5.75 Å². The van der Waals surface area contributed by atoms with Crippen molar-refractivity contribution in [2.45, 2.75) is 19.4 Å². The number of benzene rings is 1. The van der Waals surface area contributed by atoms with Crippen molar-refractivity contribution in [3.63, 3.8) is 0 Å². The molecule has 0 saturated carbocycles. The number of nitrogens with zero attached hydrogens (tertiary/aromatic N) is 1. The number of nitro benzene ring substituents is 1. The molecule has 0 spiro atoms. The molecule has 1 aromatic rings. The summed E-state index contributed by atoms with van der Waals surface area (Å²) in [5.74, 6) is -0.598. The number of aliphatic hydroxyl groups excluding tert-OH is 1.